The first-order valence-electron chi connectivity index (χ1n) is 7.75. The van der Waals surface area contributed by atoms with Crippen LogP contribution in [0.4, 0.5) is 5.13 Å². The van der Waals surface area contributed by atoms with Crippen molar-refractivity contribution in [1.29, 1.82) is 0 Å². The number of thiophene rings is 1. The lowest BCUT2D eigenvalue weighted by molar-refractivity contribution is 0.102. The maximum absolute atomic E-state index is 12.5. The van der Waals surface area contributed by atoms with Gasteiger partial charge >= 0.3 is 0 Å². The van der Waals surface area contributed by atoms with Crippen molar-refractivity contribution in [2.24, 2.45) is 0 Å². The SMILES string of the molecule is O=C(Nc1ncc(C2CCNCC2)s1)c1csc2ccccc12. The number of carbonyl (C=O) groups excluding carboxylic acids is 1. The van der Waals surface area contributed by atoms with Crippen LogP contribution in [-0.4, -0.2) is 24.0 Å². The molecule has 0 unspecified atom stereocenters. The van der Waals surface area contributed by atoms with Gasteiger partial charge in [-0.15, -0.1) is 22.7 Å². The standard InChI is InChI=1S/C17H17N3OS2/c21-16(13-10-22-14-4-2-1-3-12(13)14)20-17-19-9-15(23-17)11-5-7-18-8-6-11/h1-4,9-11,18H,5-8H2,(H,19,20,21). The van der Waals surface area contributed by atoms with E-state index >= 15 is 0 Å². The fraction of sp³-hybridized carbons (Fsp3) is 0.294. The van der Waals surface area contributed by atoms with Gasteiger partial charge in [0.1, 0.15) is 0 Å². The normalized spacial score (nSPS) is 15.8. The fourth-order valence-corrected chi connectivity index (χ4v) is 4.88. The van der Waals surface area contributed by atoms with Crippen LogP contribution < -0.4 is 10.6 Å². The molecule has 1 aromatic carbocycles. The first-order valence-corrected chi connectivity index (χ1v) is 9.45. The second-order valence-electron chi connectivity index (χ2n) is 5.69. The first kappa shape index (κ1) is 14.8. The van der Waals surface area contributed by atoms with Gasteiger partial charge < -0.3 is 5.32 Å². The minimum atomic E-state index is -0.0753. The highest BCUT2D eigenvalue weighted by Crippen LogP contribution is 2.32. The predicted molar refractivity (Wildman–Crippen MR) is 96.7 cm³/mol. The van der Waals surface area contributed by atoms with E-state index in [0.29, 0.717) is 11.0 Å². The van der Waals surface area contributed by atoms with Crippen molar-refractivity contribution in [2.45, 2.75) is 18.8 Å². The Balaban J connectivity index is 1.51. The largest absolute Gasteiger partial charge is 0.317 e. The quantitative estimate of drug-likeness (QED) is 0.753. The van der Waals surface area contributed by atoms with Crippen molar-refractivity contribution in [1.82, 2.24) is 10.3 Å². The summed E-state index contributed by atoms with van der Waals surface area (Å²) in [6, 6.07) is 7.98. The average molecular weight is 343 g/mol. The number of rotatable bonds is 3. The summed E-state index contributed by atoms with van der Waals surface area (Å²) in [5, 5.41) is 9.95. The fourth-order valence-electron chi connectivity index (χ4n) is 2.96. The Bertz CT molecular complexity index is 833. The maximum atomic E-state index is 12.5. The molecular weight excluding hydrogens is 326 g/mol. The molecule has 6 heteroatoms. The Labute approximate surface area is 142 Å². The Morgan fingerprint density at radius 3 is 2.96 bits per heavy atom. The molecule has 1 aliphatic rings. The number of nitrogens with zero attached hydrogens (tertiary/aromatic N) is 1. The number of piperidine rings is 1. The van der Waals surface area contributed by atoms with Crippen molar-refractivity contribution < 1.29 is 4.79 Å². The highest BCUT2D eigenvalue weighted by molar-refractivity contribution is 7.17. The van der Waals surface area contributed by atoms with Crippen LogP contribution in [0.2, 0.25) is 0 Å². The van der Waals surface area contributed by atoms with Crippen molar-refractivity contribution >= 4 is 43.8 Å². The lowest BCUT2D eigenvalue weighted by Crippen LogP contribution is -2.26. The number of hydrogen-bond donors (Lipinski definition) is 2. The minimum absolute atomic E-state index is 0.0753. The predicted octanol–water partition coefficient (Wildman–Crippen LogP) is 4.08. The van der Waals surface area contributed by atoms with E-state index in [9.17, 15) is 4.79 Å². The zero-order chi connectivity index (χ0) is 15.6. The molecule has 0 bridgehead atoms. The molecule has 0 atom stereocenters. The second-order valence-corrected chi connectivity index (χ2v) is 7.67. The molecule has 0 radical (unpaired) electrons. The first-order chi connectivity index (χ1) is 11.3. The molecule has 1 aliphatic heterocycles. The number of thiazole rings is 1. The molecule has 1 fully saturated rings. The summed E-state index contributed by atoms with van der Waals surface area (Å²) in [5.41, 5.74) is 0.726. The van der Waals surface area contributed by atoms with E-state index in [1.807, 2.05) is 35.8 Å². The average Bonchev–Trinajstić information content (AvgIpc) is 3.22. The molecule has 3 heterocycles. The van der Waals surface area contributed by atoms with Gasteiger partial charge in [-0.25, -0.2) is 4.98 Å². The third kappa shape index (κ3) is 3.02. The molecule has 2 N–H and O–H groups in total. The lowest BCUT2D eigenvalue weighted by Gasteiger charge is -2.20. The molecule has 4 nitrogen and oxygen atoms in total. The van der Waals surface area contributed by atoms with E-state index < -0.39 is 0 Å². The smallest absolute Gasteiger partial charge is 0.258 e. The molecule has 0 spiro atoms. The van der Waals surface area contributed by atoms with Crippen molar-refractivity contribution in [2.75, 3.05) is 18.4 Å². The van der Waals surface area contributed by atoms with Gasteiger partial charge in [0, 0.05) is 26.5 Å². The van der Waals surface area contributed by atoms with Gasteiger partial charge in [-0.3, -0.25) is 10.1 Å². The zero-order valence-corrected chi connectivity index (χ0v) is 14.2. The van der Waals surface area contributed by atoms with Gasteiger partial charge in [0.2, 0.25) is 0 Å². The maximum Gasteiger partial charge on any atom is 0.258 e. The monoisotopic (exact) mass is 343 g/mol. The Morgan fingerprint density at radius 2 is 2.09 bits per heavy atom. The van der Waals surface area contributed by atoms with Crippen LogP contribution in [0.25, 0.3) is 10.1 Å². The summed E-state index contributed by atoms with van der Waals surface area (Å²) < 4.78 is 1.13. The van der Waals surface area contributed by atoms with Gasteiger partial charge in [0.05, 0.1) is 5.56 Å². The molecule has 1 amide bonds. The molecule has 2 aromatic heterocycles. The third-order valence-electron chi connectivity index (χ3n) is 4.21. The Kier molecular flexibility index (Phi) is 4.11. The van der Waals surface area contributed by atoms with Gasteiger partial charge in [-0.1, -0.05) is 18.2 Å². The number of nitrogens with one attached hydrogen (secondary N) is 2. The van der Waals surface area contributed by atoms with E-state index in [-0.39, 0.29) is 5.91 Å². The Hall–Kier alpha value is -1.76. The van der Waals surface area contributed by atoms with Crippen LogP contribution in [0.15, 0.2) is 35.8 Å². The number of fused-ring (bicyclic) bond motifs is 1. The Morgan fingerprint density at radius 1 is 1.26 bits per heavy atom. The van der Waals surface area contributed by atoms with Gasteiger partial charge in [-0.2, -0.15) is 0 Å². The number of hydrogen-bond acceptors (Lipinski definition) is 5. The number of benzene rings is 1. The summed E-state index contributed by atoms with van der Waals surface area (Å²) in [5.74, 6) is 0.495. The molecular formula is C17H17N3OS2. The van der Waals surface area contributed by atoms with E-state index in [0.717, 1.165) is 41.6 Å². The number of carbonyl (C=O) groups is 1. The van der Waals surface area contributed by atoms with E-state index in [1.165, 1.54) is 4.88 Å². The molecule has 0 saturated carbocycles. The van der Waals surface area contributed by atoms with Crippen LogP contribution in [0, 0.1) is 0 Å². The second kappa shape index (κ2) is 6.39. The zero-order valence-electron chi connectivity index (χ0n) is 12.5. The van der Waals surface area contributed by atoms with Crippen LogP contribution in [0.3, 0.4) is 0 Å². The van der Waals surface area contributed by atoms with Crippen LogP contribution in [0.1, 0.15) is 34.0 Å². The lowest BCUT2D eigenvalue weighted by atomic mass is 9.97. The van der Waals surface area contributed by atoms with Crippen LogP contribution in [0.5, 0.6) is 0 Å². The van der Waals surface area contributed by atoms with Crippen molar-refractivity contribution in [3.63, 3.8) is 0 Å². The molecule has 23 heavy (non-hydrogen) atoms. The van der Waals surface area contributed by atoms with Gasteiger partial charge in [0.15, 0.2) is 5.13 Å². The number of amides is 1. The highest BCUT2D eigenvalue weighted by Gasteiger charge is 2.19. The number of aromatic nitrogens is 1. The van der Waals surface area contributed by atoms with E-state index in [4.69, 9.17) is 0 Å². The summed E-state index contributed by atoms with van der Waals surface area (Å²) in [6.45, 7) is 2.12. The van der Waals surface area contributed by atoms with Crippen LogP contribution in [-0.2, 0) is 0 Å². The topological polar surface area (TPSA) is 54.0 Å². The molecule has 3 aromatic rings. The summed E-state index contributed by atoms with van der Waals surface area (Å²) in [7, 11) is 0. The van der Waals surface area contributed by atoms with Crippen LogP contribution >= 0.6 is 22.7 Å². The molecule has 118 valence electrons. The summed E-state index contributed by atoms with van der Waals surface area (Å²) >= 11 is 3.20. The number of anilines is 1. The van der Waals surface area contributed by atoms with Gasteiger partial charge in [-0.05, 0) is 37.9 Å². The van der Waals surface area contributed by atoms with E-state index in [1.54, 1.807) is 22.7 Å². The van der Waals surface area contributed by atoms with E-state index in [2.05, 4.69) is 15.6 Å². The van der Waals surface area contributed by atoms with Crippen molar-refractivity contribution in [3.05, 3.63) is 46.3 Å². The third-order valence-corrected chi connectivity index (χ3v) is 6.25. The van der Waals surface area contributed by atoms with Crippen molar-refractivity contribution in [3.8, 4) is 0 Å². The highest BCUT2D eigenvalue weighted by atomic mass is 32.1. The molecule has 0 aliphatic carbocycles. The minimum Gasteiger partial charge on any atom is -0.317 e. The van der Waals surface area contributed by atoms with Gasteiger partial charge in [0.25, 0.3) is 5.91 Å². The summed E-state index contributed by atoms with van der Waals surface area (Å²) in [6.07, 6.45) is 4.21. The molecule has 4 rings (SSSR count). The summed E-state index contributed by atoms with van der Waals surface area (Å²) in [4.78, 5) is 18.2. The molecule has 1 saturated heterocycles.